The highest BCUT2D eigenvalue weighted by Crippen LogP contribution is 2.59. The molecule has 0 bridgehead atoms. The Bertz CT molecular complexity index is 2680. The number of para-hydroxylation sites is 1. The molecule has 2 aromatic heterocycles. The molecule has 0 amide bonds. The Labute approximate surface area is 255 Å². The fourth-order valence-electron chi connectivity index (χ4n) is 8.03. The average Bonchev–Trinajstić information content (AvgIpc) is 3.73. The number of nitrogens with zero attached hydrogens (tertiary/aromatic N) is 2. The summed E-state index contributed by atoms with van der Waals surface area (Å²) in [6.07, 6.45) is 4.45. The molecule has 0 saturated heterocycles. The number of fused-ring (bicyclic) bond motifs is 8. The molecule has 0 radical (unpaired) electrons. The summed E-state index contributed by atoms with van der Waals surface area (Å²) >= 11 is 0. The van der Waals surface area contributed by atoms with E-state index in [1.165, 1.54) is 98.6 Å². The highest BCUT2D eigenvalue weighted by atomic mass is 14.9. The lowest BCUT2D eigenvalue weighted by molar-refractivity contribution is 0.929. The van der Waals surface area contributed by atoms with Gasteiger partial charge < -0.3 is 9.13 Å². The first kappa shape index (κ1) is 23.9. The number of aryl methyl sites for hydroxylation is 2. The monoisotopic (exact) mass is 560 g/mol. The zero-order valence-electron chi connectivity index (χ0n) is 24.6. The van der Waals surface area contributed by atoms with Crippen LogP contribution >= 0.6 is 0 Å². The molecule has 1 aliphatic rings. The van der Waals surface area contributed by atoms with Gasteiger partial charge in [-0.25, -0.2) is 0 Å². The van der Waals surface area contributed by atoms with Crippen molar-refractivity contribution in [1.29, 1.82) is 0 Å². The Morgan fingerprint density at radius 2 is 1.11 bits per heavy atom. The topological polar surface area (TPSA) is 9.86 Å². The van der Waals surface area contributed by atoms with Crippen molar-refractivity contribution in [2.24, 2.45) is 14.1 Å². The lowest BCUT2D eigenvalue weighted by Gasteiger charge is -2.21. The fourth-order valence-corrected chi connectivity index (χ4v) is 8.03. The van der Waals surface area contributed by atoms with Crippen LogP contribution in [-0.2, 0) is 14.1 Å². The van der Waals surface area contributed by atoms with Gasteiger partial charge in [0, 0.05) is 54.1 Å². The summed E-state index contributed by atoms with van der Waals surface area (Å²) in [5.41, 5.74) is 11.7. The molecule has 0 saturated carbocycles. The van der Waals surface area contributed by atoms with Crippen LogP contribution in [0.5, 0.6) is 0 Å². The van der Waals surface area contributed by atoms with Gasteiger partial charge in [-0.2, -0.15) is 0 Å². The second-order valence-electron chi connectivity index (χ2n) is 12.3. The Hall–Kier alpha value is -5.60. The first-order chi connectivity index (χ1) is 21.7. The maximum Gasteiger partial charge on any atom is 0.0501 e. The maximum atomic E-state index is 2.45. The van der Waals surface area contributed by atoms with Crippen LogP contribution in [0.25, 0.3) is 98.6 Å². The zero-order chi connectivity index (χ0) is 29.1. The molecule has 44 heavy (non-hydrogen) atoms. The molecule has 0 fully saturated rings. The third-order valence-corrected chi connectivity index (χ3v) is 9.93. The van der Waals surface area contributed by atoms with E-state index in [2.05, 4.69) is 157 Å². The third kappa shape index (κ3) is 3.04. The van der Waals surface area contributed by atoms with Crippen molar-refractivity contribution in [3.8, 4) is 44.6 Å². The molecule has 2 heterocycles. The van der Waals surface area contributed by atoms with Gasteiger partial charge in [0.05, 0.1) is 5.69 Å². The van der Waals surface area contributed by atoms with Gasteiger partial charge in [0.2, 0.25) is 0 Å². The zero-order valence-corrected chi connectivity index (χ0v) is 24.6. The Kier molecular flexibility index (Phi) is 4.61. The van der Waals surface area contributed by atoms with E-state index < -0.39 is 0 Å². The van der Waals surface area contributed by atoms with Crippen molar-refractivity contribution >= 4 is 54.0 Å². The molecular formula is C42H28N2. The number of aromatic nitrogens is 2. The van der Waals surface area contributed by atoms with Crippen LogP contribution in [0.4, 0.5) is 0 Å². The predicted octanol–water partition coefficient (Wildman–Crippen LogP) is 11.1. The highest BCUT2D eigenvalue weighted by molar-refractivity contribution is 6.31. The van der Waals surface area contributed by atoms with Crippen molar-refractivity contribution in [3.05, 3.63) is 134 Å². The van der Waals surface area contributed by atoms with E-state index in [1.807, 2.05) is 0 Å². The Balaban J connectivity index is 1.51. The van der Waals surface area contributed by atoms with Crippen molar-refractivity contribution < 1.29 is 0 Å². The second-order valence-corrected chi connectivity index (χ2v) is 12.3. The summed E-state index contributed by atoms with van der Waals surface area (Å²) in [6.45, 7) is 0. The molecule has 0 atom stereocenters. The quantitative estimate of drug-likeness (QED) is 0.147. The first-order valence-electron chi connectivity index (χ1n) is 15.3. The van der Waals surface area contributed by atoms with Gasteiger partial charge in [-0.05, 0) is 102 Å². The minimum absolute atomic E-state index is 1.25. The standard InChI is InChI=1S/C42H28N2/c1-43-19-18-29(24-43)38-33-20-25-10-3-4-11-26(25)21-34(33)40(37-23-28-13-6-8-17-36(28)44(37)2)42-35-22-27-12-5-7-14-30(27)31-15-9-16-32(39(31)35)41(38)42/h3-24H,1-2H3. The lowest BCUT2D eigenvalue weighted by atomic mass is 9.83. The van der Waals surface area contributed by atoms with Crippen LogP contribution in [0.15, 0.2) is 134 Å². The first-order valence-corrected chi connectivity index (χ1v) is 15.3. The van der Waals surface area contributed by atoms with E-state index in [-0.39, 0.29) is 0 Å². The summed E-state index contributed by atoms with van der Waals surface area (Å²) < 4.78 is 4.56. The van der Waals surface area contributed by atoms with Crippen LogP contribution in [0, 0.1) is 0 Å². The second kappa shape index (κ2) is 8.49. The number of benzene rings is 7. The average molecular weight is 561 g/mol. The van der Waals surface area contributed by atoms with Crippen molar-refractivity contribution in [3.63, 3.8) is 0 Å². The highest BCUT2D eigenvalue weighted by Gasteiger charge is 2.32. The van der Waals surface area contributed by atoms with Crippen LogP contribution < -0.4 is 0 Å². The molecule has 206 valence electrons. The van der Waals surface area contributed by atoms with Crippen LogP contribution in [0.2, 0.25) is 0 Å². The molecule has 0 N–H and O–H groups in total. The van der Waals surface area contributed by atoms with Gasteiger partial charge in [-0.1, -0.05) is 84.9 Å². The Morgan fingerprint density at radius 1 is 0.455 bits per heavy atom. The van der Waals surface area contributed by atoms with Crippen molar-refractivity contribution in [2.45, 2.75) is 0 Å². The van der Waals surface area contributed by atoms with Gasteiger partial charge in [-0.15, -0.1) is 0 Å². The van der Waals surface area contributed by atoms with E-state index in [9.17, 15) is 0 Å². The van der Waals surface area contributed by atoms with Crippen LogP contribution in [0.1, 0.15) is 0 Å². The molecule has 10 rings (SSSR count). The molecule has 0 spiro atoms. The molecule has 0 unspecified atom stereocenters. The van der Waals surface area contributed by atoms with Gasteiger partial charge in [0.1, 0.15) is 0 Å². The minimum atomic E-state index is 1.25. The summed E-state index contributed by atoms with van der Waals surface area (Å²) in [7, 11) is 4.34. The molecule has 9 aromatic rings. The van der Waals surface area contributed by atoms with Gasteiger partial charge in [0.25, 0.3) is 0 Å². The smallest absolute Gasteiger partial charge is 0.0501 e. The lowest BCUT2D eigenvalue weighted by Crippen LogP contribution is -1.97. The summed E-state index contributed by atoms with van der Waals surface area (Å²) in [5, 5.41) is 11.6. The number of hydrogen-bond donors (Lipinski definition) is 0. The predicted molar refractivity (Wildman–Crippen MR) is 187 cm³/mol. The van der Waals surface area contributed by atoms with Crippen LogP contribution in [0.3, 0.4) is 0 Å². The van der Waals surface area contributed by atoms with E-state index in [0.29, 0.717) is 0 Å². The van der Waals surface area contributed by atoms with E-state index in [0.717, 1.165) is 0 Å². The minimum Gasteiger partial charge on any atom is -0.357 e. The largest absolute Gasteiger partial charge is 0.357 e. The summed E-state index contributed by atoms with van der Waals surface area (Å²) in [5.74, 6) is 0. The van der Waals surface area contributed by atoms with Crippen molar-refractivity contribution in [2.75, 3.05) is 0 Å². The molecule has 2 nitrogen and oxygen atoms in total. The number of rotatable bonds is 2. The Morgan fingerprint density at radius 3 is 1.86 bits per heavy atom. The molecule has 2 heteroatoms. The van der Waals surface area contributed by atoms with E-state index in [4.69, 9.17) is 0 Å². The summed E-state index contributed by atoms with van der Waals surface area (Å²) in [6, 6.07) is 45.3. The normalized spacial score (nSPS) is 12.3. The fraction of sp³-hybridized carbons (Fsp3) is 0.0476. The molecular weight excluding hydrogens is 532 g/mol. The molecule has 7 aromatic carbocycles. The molecule has 1 aliphatic carbocycles. The SMILES string of the molecule is Cn1ccc(-c2c3c(c(-c4cc5ccccc5n4C)c4cc5ccccc5cc24)-c2cc4ccccc4c4cccc-3c24)c1. The van der Waals surface area contributed by atoms with E-state index in [1.54, 1.807) is 0 Å². The third-order valence-electron chi connectivity index (χ3n) is 9.93. The van der Waals surface area contributed by atoms with E-state index >= 15 is 0 Å². The van der Waals surface area contributed by atoms with Crippen LogP contribution in [-0.4, -0.2) is 9.13 Å². The van der Waals surface area contributed by atoms with Gasteiger partial charge in [0.15, 0.2) is 0 Å². The van der Waals surface area contributed by atoms with Gasteiger partial charge in [-0.3, -0.25) is 0 Å². The number of hydrogen-bond acceptors (Lipinski definition) is 0. The van der Waals surface area contributed by atoms with Gasteiger partial charge >= 0.3 is 0 Å². The maximum absolute atomic E-state index is 2.45. The van der Waals surface area contributed by atoms with Crippen molar-refractivity contribution in [1.82, 2.24) is 9.13 Å². The summed E-state index contributed by atoms with van der Waals surface area (Å²) in [4.78, 5) is 0. The molecule has 0 aliphatic heterocycles.